The number of nitrogens with zero attached hydrogens (tertiary/aromatic N) is 5. The van der Waals surface area contributed by atoms with Gasteiger partial charge in [-0.2, -0.15) is 5.10 Å². The van der Waals surface area contributed by atoms with E-state index in [-0.39, 0.29) is 6.54 Å². The minimum atomic E-state index is -1.40. The summed E-state index contributed by atoms with van der Waals surface area (Å²) in [4.78, 5) is 7.95. The lowest BCUT2D eigenvalue weighted by Crippen LogP contribution is -2.41. The highest BCUT2D eigenvalue weighted by Gasteiger charge is 2.41. The van der Waals surface area contributed by atoms with Gasteiger partial charge >= 0.3 is 0 Å². The molecule has 0 aliphatic heterocycles. The van der Waals surface area contributed by atoms with Crippen molar-refractivity contribution in [1.82, 2.24) is 24.3 Å². The third kappa shape index (κ3) is 3.12. The molecule has 0 saturated carbocycles. The Kier molecular flexibility index (Phi) is 4.42. The second-order valence-corrected chi connectivity index (χ2v) is 5.56. The summed E-state index contributed by atoms with van der Waals surface area (Å²) in [5.74, 6) is 0. The zero-order chi connectivity index (χ0) is 16.3. The van der Waals surface area contributed by atoms with Crippen LogP contribution in [0.5, 0.6) is 0 Å². The van der Waals surface area contributed by atoms with Crippen LogP contribution in [0, 0.1) is 0 Å². The van der Waals surface area contributed by atoms with Crippen LogP contribution in [0.15, 0.2) is 55.6 Å². The number of benzene rings is 1. The van der Waals surface area contributed by atoms with Crippen molar-refractivity contribution in [3.05, 3.63) is 66.2 Å². The smallest absolute Gasteiger partial charge is 0.169 e. The van der Waals surface area contributed by atoms with Gasteiger partial charge in [0.2, 0.25) is 0 Å². The molecule has 0 saturated heterocycles. The summed E-state index contributed by atoms with van der Waals surface area (Å²) in [7, 11) is 1.53. The van der Waals surface area contributed by atoms with Gasteiger partial charge in [0.15, 0.2) is 11.8 Å². The Morgan fingerprint density at radius 3 is 2.61 bits per heavy atom. The molecule has 0 aliphatic carbocycles. The molecule has 3 aromatic rings. The molecule has 0 unspecified atom stereocenters. The molecule has 1 N–H and O–H groups in total. The lowest BCUT2D eigenvalue weighted by molar-refractivity contribution is -0.148. The standard InChI is InChI=1S/C15H16ClN5O2/c1-23-14(20-7-6-17-10-20)15(22,8-21-11-18-9-19-21)12-2-4-13(16)5-3-12/h2-7,9-11,14,22H,8H2,1H3/t14-,15+/m1/s1. The minimum Gasteiger partial charge on any atom is -0.378 e. The van der Waals surface area contributed by atoms with Crippen LogP contribution < -0.4 is 0 Å². The van der Waals surface area contributed by atoms with E-state index in [9.17, 15) is 5.11 Å². The van der Waals surface area contributed by atoms with Gasteiger partial charge < -0.3 is 14.4 Å². The molecule has 2 atom stereocenters. The largest absolute Gasteiger partial charge is 0.378 e. The maximum Gasteiger partial charge on any atom is 0.169 e. The van der Waals surface area contributed by atoms with E-state index in [1.54, 1.807) is 58.6 Å². The van der Waals surface area contributed by atoms with Gasteiger partial charge in [-0.3, -0.25) is 0 Å². The summed E-state index contributed by atoms with van der Waals surface area (Å²) in [5.41, 5.74) is -0.744. The first-order valence-corrected chi connectivity index (χ1v) is 7.32. The molecule has 7 nitrogen and oxygen atoms in total. The fraction of sp³-hybridized carbons (Fsp3) is 0.267. The molecule has 120 valence electrons. The Morgan fingerprint density at radius 1 is 1.26 bits per heavy atom. The van der Waals surface area contributed by atoms with Crippen molar-refractivity contribution >= 4 is 11.6 Å². The van der Waals surface area contributed by atoms with Crippen molar-refractivity contribution < 1.29 is 9.84 Å². The zero-order valence-electron chi connectivity index (χ0n) is 12.5. The predicted molar refractivity (Wildman–Crippen MR) is 83.6 cm³/mol. The van der Waals surface area contributed by atoms with Gasteiger partial charge in [0, 0.05) is 24.5 Å². The number of hydrogen-bond acceptors (Lipinski definition) is 5. The predicted octanol–water partition coefficient (Wildman–Crippen LogP) is 1.86. The van der Waals surface area contributed by atoms with Crippen LogP contribution >= 0.6 is 11.6 Å². The molecule has 0 radical (unpaired) electrons. The lowest BCUT2D eigenvalue weighted by Gasteiger charge is -2.36. The molecule has 2 aromatic heterocycles. The number of imidazole rings is 1. The van der Waals surface area contributed by atoms with Gasteiger partial charge in [-0.1, -0.05) is 23.7 Å². The quantitative estimate of drug-likeness (QED) is 0.745. The van der Waals surface area contributed by atoms with Crippen LogP contribution in [-0.2, 0) is 16.9 Å². The first-order chi connectivity index (χ1) is 11.1. The molecule has 0 aliphatic rings. The zero-order valence-corrected chi connectivity index (χ0v) is 13.2. The SMILES string of the molecule is CO[C@@H](n1ccnc1)[C@](O)(Cn1cncn1)c1ccc(Cl)cc1. The van der Waals surface area contributed by atoms with Crippen LogP contribution in [0.2, 0.25) is 5.02 Å². The van der Waals surface area contributed by atoms with E-state index in [1.807, 2.05) is 0 Å². The fourth-order valence-corrected chi connectivity index (χ4v) is 2.71. The summed E-state index contributed by atoms with van der Waals surface area (Å²) in [6.45, 7) is 0.158. The fourth-order valence-electron chi connectivity index (χ4n) is 2.58. The van der Waals surface area contributed by atoms with Gasteiger partial charge in [-0.15, -0.1) is 0 Å². The molecule has 8 heteroatoms. The molecule has 0 amide bonds. The van der Waals surface area contributed by atoms with Crippen molar-refractivity contribution in [2.45, 2.75) is 18.4 Å². The molecular weight excluding hydrogens is 318 g/mol. The van der Waals surface area contributed by atoms with Crippen LogP contribution in [0.1, 0.15) is 11.8 Å². The third-order valence-corrected chi connectivity index (χ3v) is 3.89. The van der Waals surface area contributed by atoms with E-state index in [1.165, 1.54) is 13.4 Å². The van der Waals surface area contributed by atoms with E-state index >= 15 is 0 Å². The monoisotopic (exact) mass is 333 g/mol. The molecular formula is C15H16ClN5O2. The molecule has 0 bridgehead atoms. The summed E-state index contributed by atoms with van der Waals surface area (Å²) in [6, 6.07) is 6.98. The van der Waals surface area contributed by atoms with E-state index in [0.29, 0.717) is 10.6 Å². The second-order valence-electron chi connectivity index (χ2n) is 5.12. The normalized spacial score (nSPS) is 15.3. The van der Waals surface area contributed by atoms with E-state index in [4.69, 9.17) is 16.3 Å². The molecule has 23 heavy (non-hydrogen) atoms. The van der Waals surface area contributed by atoms with Crippen molar-refractivity contribution in [2.75, 3.05) is 7.11 Å². The number of methoxy groups -OCH3 is 1. The number of aliphatic hydroxyl groups is 1. The minimum absolute atomic E-state index is 0.158. The Labute approximate surface area is 138 Å². The first kappa shape index (κ1) is 15.7. The van der Waals surface area contributed by atoms with Crippen LogP contribution in [0.4, 0.5) is 0 Å². The maximum absolute atomic E-state index is 11.5. The number of rotatable bonds is 6. The van der Waals surface area contributed by atoms with Gasteiger partial charge in [-0.05, 0) is 17.7 Å². The maximum atomic E-state index is 11.5. The van der Waals surface area contributed by atoms with Gasteiger partial charge in [0.25, 0.3) is 0 Å². The Bertz CT molecular complexity index is 730. The van der Waals surface area contributed by atoms with E-state index in [2.05, 4.69) is 15.1 Å². The van der Waals surface area contributed by atoms with Crippen molar-refractivity contribution in [3.63, 3.8) is 0 Å². The van der Waals surface area contributed by atoms with Crippen molar-refractivity contribution in [3.8, 4) is 0 Å². The molecule has 2 heterocycles. The highest BCUT2D eigenvalue weighted by Crippen LogP contribution is 2.36. The van der Waals surface area contributed by atoms with E-state index < -0.39 is 11.8 Å². The Balaban J connectivity index is 2.06. The van der Waals surface area contributed by atoms with Gasteiger partial charge in [0.1, 0.15) is 12.7 Å². The lowest BCUT2D eigenvalue weighted by atomic mass is 9.91. The Hall–Kier alpha value is -2.22. The van der Waals surface area contributed by atoms with E-state index in [0.717, 1.165) is 0 Å². The molecule has 1 aromatic carbocycles. The first-order valence-electron chi connectivity index (χ1n) is 6.94. The average Bonchev–Trinajstić information content (AvgIpc) is 3.22. The highest BCUT2D eigenvalue weighted by atomic mass is 35.5. The second kappa shape index (κ2) is 6.49. The van der Waals surface area contributed by atoms with Crippen molar-refractivity contribution in [2.24, 2.45) is 0 Å². The summed E-state index contributed by atoms with van der Waals surface area (Å²) < 4.78 is 8.82. The number of aromatic nitrogens is 5. The van der Waals surface area contributed by atoms with Crippen LogP contribution in [0.25, 0.3) is 0 Å². The number of ether oxygens (including phenoxy) is 1. The molecule has 3 rings (SSSR count). The molecule has 0 spiro atoms. The van der Waals surface area contributed by atoms with Crippen LogP contribution in [-0.4, -0.2) is 36.5 Å². The van der Waals surface area contributed by atoms with Gasteiger partial charge in [-0.25, -0.2) is 14.6 Å². The number of halogens is 1. The van der Waals surface area contributed by atoms with Gasteiger partial charge in [0.05, 0.1) is 12.9 Å². The highest BCUT2D eigenvalue weighted by molar-refractivity contribution is 6.30. The third-order valence-electron chi connectivity index (χ3n) is 3.64. The van der Waals surface area contributed by atoms with Crippen LogP contribution in [0.3, 0.4) is 0 Å². The summed E-state index contributed by atoms with van der Waals surface area (Å²) in [5, 5.41) is 16.1. The Morgan fingerprint density at radius 2 is 2.04 bits per heavy atom. The average molecular weight is 334 g/mol. The topological polar surface area (TPSA) is 78.0 Å². The summed E-state index contributed by atoms with van der Waals surface area (Å²) >= 11 is 5.96. The summed E-state index contributed by atoms with van der Waals surface area (Å²) in [6.07, 6.45) is 7.22. The molecule has 0 fully saturated rings. The van der Waals surface area contributed by atoms with Crippen molar-refractivity contribution in [1.29, 1.82) is 0 Å². The number of hydrogen-bond donors (Lipinski definition) is 1.